The molecule has 18 heavy (non-hydrogen) atoms. The molecule has 0 bridgehead atoms. The average molecular weight is 242 g/mol. The van der Waals surface area contributed by atoms with Crippen molar-refractivity contribution >= 4 is 12.3 Å². The summed E-state index contributed by atoms with van der Waals surface area (Å²) < 4.78 is 5.33. The van der Waals surface area contributed by atoms with Crippen molar-refractivity contribution in [1.29, 1.82) is 0 Å². The molecule has 2 aliphatic rings. The summed E-state index contributed by atoms with van der Waals surface area (Å²) in [7, 11) is 0. The topological polar surface area (TPSA) is 34.5 Å². The predicted octanol–water partition coefficient (Wildman–Crippen LogP) is 2.68. The maximum Gasteiger partial charge on any atom is 0.149 e. The van der Waals surface area contributed by atoms with Crippen LogP contribution in [0.2, 0.25) is 0 Å². The third kappa shape index (κ3) is 1.47. The number of nitrogens with zero attached hydrogens (tertiary/aromatic N) is 2. The van der Waals surface area contributed by atoms with Gasteiger partial charge < -0.3 is 4.74 Å². The first-order valence-electron chi connectivity index (χ1n) is 6.28. The molecular weight excluding hydrogens is 224 g/mol. The summed E-state index contributed by atoms with van der Waals surface area (Å²) in [4.78, 5) is 9.49. The van der Waals surface area contributed by atoms with Gasteiger partial charge in [-0.2, -0.15) is 0 Å². The number of hydrogen-bond donors (Lipinski definition) is 0. The summed E-state index contributed by atoms with van der Waals surface area (Å²) >= 11 is 0. The van der Waals surface area contributed by atoms with E-state index in [0.29, 0.717) is 13.2 Å². The van der Waals surface area contributed by atoms with Crippen LogP contribution in [0.3, 0.4) is 0 Å². The van der Waals surface area contributed by atoms with Crippen LogP contribution in [0.15, 0.2) is 17.6 Å². The van der Waals surface area contributed by atoms with Gasteiger partial charge >= 0.3 is 0 Å². The number of ether oxygens (including phenoxy) is 1. The van der Waals surface area contributed by atoms with E-state index in [0.717, 1.165) is 22.5 Å². The van der Waals surface area contributed by atoms with Crippen molar-refractivity contribution in [2.24, 2.45) is 4.99 Å². The van der Waals surface area contributed by atoms with E-state index in [2.05, 4.69) is 38.4 Å². The van der Waals surface area contributed by atoms with Gasteiger partial charge in [-0.25, -0.2) is 0 Å². The number of aliphatic imine (C=N–C) groups is 1. The molecule has 0 unspecified atom stereocenters. The molecule has 1 aromatic heterocycles. The van der Waals surface area contributed by atoms with Crippen LogP contribution in [-0.2, 0) is 15.7 Å². The number of rotatable bonds is 1. The highest BCUT2D eigenvalue weighted by Gasteiger charge is 2.46. The Morgan fingerprint density at radius 3 is 2.61 bits per heavy atom. The van der Waals surface area contributed by atoms with Crippen molar-refractivity contribution < 1.29 is 4.74 Å². The first-order valence-corrected chi connectivity index (χ1v) is 6.28. The lowest BCUT2D eigenvalue weighted by Gasteiger charge is -2.36. The average Bonchev–Trinajstić information content (AvgIpc) is 2.64. The SMILES string of the molecule is C=Cc1cc2c(nc1C(C)(C)C)C1(COC1)N=C2. The molecule has 0 radical (unpaired) electrons. The van der Waals surface area contributed by atoms with Gasteiger partial charge in [0.05, 0.1) is 24.6 Å². The molecule has 1 aromatic rings. The molecule has 0 atom stereocenters. The summed E-state index contributed by atoms with van der Waals surface area (Å²) in [6.07, 6.45) is 3.80. The Morgan fingerprint density at radius 2 is 2.11 bits per heavy atom. The Balaban J connectivity index is 2.19. The maximum absolute atomic E-state index is 5.33. The van der Waals surface area contributed by atoms with Crippen LogP contribution < -0.4 is 0 Å². The maximum atomic E-state index is 5.33. The zero-order chi connectivity index (χ0) is 13.0. The highest BCUT2D eigenvalue weighted by atomic mass is 16.5. The molecule has 0 N–H and O–H groups in total. The fourth-order valence-corrected chi connectivity index (χ4v) is 2.53. The van der Waals surface area contributed by atoms with Gasteiger partial charge in [0.15, 0.2) is 0 Å². The molecule has 1 saturated heterocycles. The molecule has 0 aliphatic carbocycles. The van der Waals surface area contributed by atoms with Gasteiger partial charge in [0.2, 0.25) is 0 Å². The normalized spacial score (nSPS) is 19.7. The largest absolute Gasteiger partial charge is 0.375 e. The van der Waals surface area contributed by atoms with Crippen molar-refractivity contribution in [2.75, 3.05) is 13.2 Å². The van der Waals surface area contributed by atoms with Crippen molar-refractivity contribution in [3.05, 3.63) is 35.2 Å². The molecule has 3 heteroatoms. The Hall–Kier alpha value is -1.48. The summed E-state index contributed by atoms with van der Waals surface area (Å²) in [5, 5.41) is 0. The van der Waals surface area contributed by atoms with Gasteiger partial charge in [0, 0.05) is 17.2 Å². The van der Waals surface area contributed by atoms with Crippen LogP contribution in [0.5, 0.6) is 0 Å². The zero-order valence-electron chi connectivity index (χ0n) is 11.2. The first kappa shape index (κ1) is 11.6. The van der Waals surface area contributed by atoms with Crippen molar-refractivity contribution in [1.82, 2.24) is 4.98 Å². The van der Waals surface area contributed by atoms with E-state index in [1.165, 1.54) is 0 Å². The third-order valence-electron chi connectivity index (χ3n) is 3.59. The second-order valence-electron chi connectivity index (χ2n) is 6.10. The van der Waals surface area contributed by atoms with E-state index < -0.39 is 0 Å². The highest BCUT2D eigenvalue weighted by molar-refractivity contribution is 5.87. The molecule has 1 fully saturated rings. The number of hydrogen-bond acceptors (Lipinski definition) is 3. The van der Waals surface area contributed by atoms with Gasteiger partial charge in [0.25, 0.3) is 0 Å². The van der Waals surface area contributed by atoms with Crippen LogP contribution in [0, 0.1) is 0 Å². The molecular formula is C15H18N2O. The van der Waals surface area contributed by atoms with E-state index in [1.54, 1.807) is 0 Å². The van der Waals surface area contributed by atoms with Crippen LogP contribution >= 0.6 is 0 Å². The lowest BCUT2D eigenvalue weighted by molar-refractivity contribution is -0.0555. The minimum absolute atomic E-state index is 0.00688. The van der Waals surface area contributed by atoms with E-state index >= 15 is 0 Å². The van der Waals surface area contributed by atoms with Crippen molar-refractivity contribution in [3.63, 3.8) is 0 Å². The molecule has 0 saturated carbocycles. The summed E-state index contributed by atoms with van der Waals surface area (Å²) in [6, 6.07) is 2.15. The van der Waals surface area contributed by atoms with Gasteiger partial charge in [-0.15, -0.1) is 0 Å². The number of pyridine rings is 1. The second kappa shape index (κ2) is 3.51. The number of fused-ring (bicyclic) bond motifs is 2. The summed E-state index contributed by atoms with van der Waals surface area (Å²) in [5.74, 6) is 0. The molecule has 0 amide bonds. The van der Waals surface area contributed by atoms with Crippen molar-refractivity contribution in [2.45, 2.75) is 31.7 Å². The fourth-order valence-electron chi connectivity index (χ4n) is 2.53. The first-order chi connectivity index (χ1) is 8.46. The molecule has 3 nitrogen and oxygen atoms in total. The van der Waals surface area contributed by atoms with Crippen LogP contribution in [0.25, 0.3) is 6.08 Å². The van der Waals surface area contributed by atoms with Crippen LogP contribution in [-0.4, -0.2) is 24.4 Å². The Labute approximate surface area is 108 Å². The minimum Gasteiger partial charge on any atom is -0.375 e. The van der Waals surface area contributed by atoms with Gasteiger partial charge in [-0.1, -0.05) is 33.4 Å². The molecule has 0 aromatic carbocycles. The van der Waals surface area contributed by atoms with Crippen LogP contribution in [0.1, 0.15) is 43.3 Å². The summed E-state index contributed by atoms with van der Waals surface area (Å²) in [5.41, 5.74) is 4.19. The Bertz CT molecular complexity index is 548. The van der Waals surface area contributed by atoms with Gasteiger partial charge in [0.1, 0.15) is 5.54 Å². The highest BCUT2D eigenvalue weighted by Crippen LogP contribution is 2.40. The predicted molar refractivity (Wildman–Crippen MR) is 73.1 cm³/mol. The zero-order valence-corrected chi connectivity index (χ0v) is 11.2. The van der Waals surface area contributed by atoms with E-state index in [-0.39, 0.29) is 11.0 Å². The lowest BCUT2D eigenvalue weighted by atomic mass is 9.85. The fraction of sp³-hybridized carbons (Fsp3) is 0.467. The third-order valence-corrected chi connectivity index (χ3v) is 3.59. The Morgan fingerprint density at radius 1 is 1.39 bits per heavy atom. The van der Waals surface area contributed by atoms with Crippen LogP contribution in [0.4, 0.5) is 0 Å². The van der Waals surface area contributed by atoms with E-state index in [9.17, 15) is 0 Å². The Kier molecular flexibility index (Phi) is 2.26. The quantitative estimate of drug-likeness (QED) is 0.758. The molecule has 2 aliphatic heterocycles. The van der Waals surface area contributed by atoms with E-state index in [1.807, 2.05) is 12.3 Å². The molecule has 94 valence electrons. The van der Waals surface area contributed by atoms with Gasteiger partial charge in [-0.05, 0) is 11.6 Å². The standard InChI is InChI=1S/C15H18N2O/c1-5-10-6-11-7-16-15(8-18-9-15)13(11)17-12(10)14(2,3)4/h5-7H,1,8-9H2,2-4H3. The summed E-state index contributed by atoms with van der Waals surface area (Å²) in [6.45, 7) is 11.7. The lowest BCUT2D eigenvalue weighted by Crippen LogP contribution is -2.44. The minimum atomic E-state index is -0.199. The number of aromatic nitrogens is 1. The molecule has 1 spiro atoms. The van der Waals surface area contributed by atoms with Crippen molar-refractivity contribution in [3.8, 4) is 0 Å². The second-order valence-corrected chi connectivity index (χ2v) is 6.10. The monoisotopic (exact) mass is 242 g/mol. The van der Waals surface area contributed by atoms with E-state index in [4.69, 9.17) is 9.72 Å². The molecule has 3 rings (SSSR count). The van der Waals surface area contributed by atoms with Gasteiger partial charge in [-0.3, -0.25) is 9.98 Å². The smallest absolute Gasteiger partial charge is 0.149 e. The molecule has 3 heterocycles.